The van der Waals surface area contributed by atoms with Gasteiger partial charge in [-0.2, -0.15) is 5.10 Å². The molecule has 24 heavy (non-hydrogen) atoms. The zero-order valence-corrected chi connectivity index (χ0v) is 13.7. The smallest absolute Gasteiger partial charge is 0.358 e. The maximum absolute atomic E-state index is 13.7. The van der Waals surface area contributed by atoms with E-state index in [0.29, 0.717) is 5.01 Å². The Bertz CT molecular complexity index is 891. The van der Waals surface area contributed by atoms with E-state index in [1.807, 2.05) is 0 Å². The molecule has 0 unspecified atom stereocenters. The van der Waals surface area contributed by atoms with Crippen LogP contribution in [0, 0.1) is 11.6 Å². The standard InChI is InChI=1S/C16H13F2N3O2S/c1-9(12-5-11(17)3-4-13(12)18)23-16(22)14-8-24-15(20-14)10-6-19-21(2)7-10/h3-9H,1-2H3/t9-/m1/s1. The molecule has 8 heteroatoms. The monoisotopic (exact) mass is 349 g/mol. The van der Waals surface area contributed by atoms with Gasteiger partial charge < -0.3 is 4.74 Å². The second-order valence-electron chi connectivity index (χ2n) is 5.15. The van der Waals surface area contributed by atoms with Gasteiger partial charge in [0.15, 0.2) is 5.69 Å². The average molecular weight is 349 g/mol. The molecule has 0 bridgehead atoms. The quantitative estimate of drug-likeness (QED) is 0.673. The fourth-order valence-corrected chi connectivity index (χ4v) is 2.91. The maximum atomic E-state index is 13.7. The van der Waals surface area contributed by atoms with E-state index >= 15 is 0 Å². The molecule has 3 rings (SSSR count). The van der Waals surface area contributed by atoms with E-state index in [2.05, 4.69) is 10.1 Å². The first-order valence-electron chi connectivity index (χ1n) is 7.04. The SMILES string of the molecule is C[C@@H](OC(=O)c1csc(-c2cnn(C)c2)n1)c1cc(F)ccc1F. The highest BCUT2D eigenvalue weighted by Crippen LogP contribution is 2.26. The average Bonchev–Trinajstić information content (AvgIpc) is 3.18. The first-order chi connectivity index (χ1) is 11.4. The summed E-state index contributed by atoms with van der Waals surface area (Å²) in [5.74, 6) is -1.93. The van der Waals surface area contributed by atoms with Gasteiger partial charge >= 0.3 is 5.97 Å². The zero-order chi connectivity index (χ0) is 17.3. The van der Waals surface area contributed by atoms with Crippen LogP contribution in [0.5, 0.6) is 0 Å². The number of aryl methyl sites for hydroxylation is 1. The molecule has 0 fully saturated rings. The van der Waals surface area contributed by atoms with Crippen LogP contribution in [0.4, 0.5) is 8.78 Å². The molecular weight excluding hydrogens is 336 g/mol. The Labute approximate surface area is 140 Å². The number of ether oxygens (including phenoxy) is 1. The number of nitrogens with zero attached hydrogens (tertiary/aromatic N) is 3. The summed E-state index contributed by atoms with van der Waals surface area (Å²) < 4.78 is 33.8. The molecule has 2 heterocycles. The van der Waals surface area contributed by atoms with Crippen molar-refractivity contribution in [3.05, 3.63) is 58.9 Å². The third kappa shape index (κ3) is 3.33. The Hall–Kier alpha value is -2.61. The van der Waals surface area contributed by atoms with Gasteiger partial charge in [0.1, 0.15) is 22.7 Å². The van der Waals surface area contributed by atoms with Crippen LogP contribution < -0.4 is 0 Å². The summed E-state index contributed by atoms with van der Waals surface area (Å²) >= 11 is 1.27. The highest BCUT2D eigenvalue weighted by Gasteiger charge is 2.20. The number of carbonyl (C=O) groups excluding carboxylic acids is 1. The second kappa shape index (κ2) is 6.48. The molecule has 3 aromatic rings. The van der Waals surface area contributed by atoms with Gasteiger partial charge in [0, 0.05) is 29.8 Å². The number of halogens is 2. The van der Waals surface area contributed by atoms with Crippen LogP contribution in [0.15, 0.2) is 36.0 Å². The predicted molar refractivity (Wildman–Crippen MR) is 84.5 cm³/mol. The minimum absolute atomic E-state index is 0.0222. The molecule has 1 atom stereocenters. The van der Waals surface area contributed by atoms with Crippen molar-refractivity contribution in [2.75, 3.05) is 0 Å². The van der Waals surface area contributed by atoms with Gasteiger partial charge in [-0.1, -0.05) is 0 Å². The first-order valence-corrected chi connectivity index (χ1v) is 7.92. The Kier molecular flexibility index (Phi) is 4.39. The van der Waals surface area contributed by atoms with Gasteiger partial charge in [0.05, 0.1) is 6.20 Å². The number of carbonyl (C=O) groups is 1. The van der Waals surface area contributed by atoms with Crippen molar-refractivity contribution < 1.29 is 18.3 Å². The summed E-state index contributed by atoms with van der Waals surface area (Å²) in [6.45, 7) is 1.48. The van der Waals surface area contributed by atoms with Gasteiger partial charge in [-0.15, -0.1) is 11.3 Å². The Morgan fingerprint density at radius 2 is 2.17 bits per heavy atom. The minimum Gasteiger partial charge on any atom is -0.453 e. The van der Waals surface area contributed by atoms with Crippen LogP contribution in [0.25, 0.3) is 10.6 Å². The molecule has 124 valence electrons. The molecule has 0 saturated heterocycles. The molecule has 0 spiro atoms. The molecule has 5 nitrogen and oxygen atoms in total. The molecular formula is C16H13F2N3O2S. The van der Waals surface area contributed by atoms with Crippen LogP contribution in [-0.4, -0.2) is 20.7 Å². The van der Waals surface area contributed by atoms with E-state index < -0.39 is 23.7 Å². The fourth-order valence-electron chi connectivity index (χ4n) is 2.14. The summed E-state index contributed by atoms with van der Waals surface area (Å²) in [5.41, 5.74) is 0.874. The molecule has 2 aromatic heterocycles. The molecule has 0 aliphatic carbocycles. The number of hydrogen-bond acceptors (Lipinski definition) is 5. The second-order valence-corrected chi connectivity index (χ2v) is 6.01. The molecule has 0 aliphatic rings. The van der Waals surface area contributed by atoms with Crippen molar-refractivity contribution >= 4 is 17.3 Å². The number of esters is 1. The minimum atomic E-state index is -0.934. The zero-order valence-electron chi connectivity index (χ0n) is 12.9. The normalized spacial score (nSPS) is 12.2. The van der Waals surface area contributed by atoms with Crippen molar-refractivity contribution in [3.63, 3.8) is 0 Å². The summed E-state index contributed by atoms with van der Waals surface area (Å²) in [5, 5.41) is 6.22. The number of thiazole rings is 1. The summed E-state index contributed by atoms with van der Waals surface area (Å²) in [4.78, 5) is 16.4. The fraction of sp³-hybridized carbons (Fsp3) is 0.188. The van der Waals surface area contributed by atoms with Crippen LogP contribution in [0.1, 0.15) is 29.1 Å². The van der Waals surface area contributed by atoms with Crippen molar-refractivity contribution in [1.82, 2.24) is 14.8 Å². The van der Waals surface area contributed by atoms with Crippen LogP contribution >= 0.6 is 11.3 Å². The van der Waals surface area contributed by atoms with Gasteiger partial charge in [-0.3, -0.25) is 4.68 Å². The molecule has 1 aromatic carbocycles. The van der Waals surface area contributed by atoms with E-state index in [9.17, 15) is 13.6 Å². The summed E-state index contributed by atoms with van der Waals surface area (Å²) in [7, 11) is 1.78. The number of aromatic nitrogens is 3. The van der Waals surface area contributed by atoms with Gasteiger partial charge in [-0.25, -0.2) is 18.6 Å². The van der Waals surface area contributed by atoms with E-state index in [1.54, 1.807) is 29.5 Å². The highest BCUT2D eigenvalue weighted by molar-refractivity contribution is 7.13. The first kappa shape index (κ1) is 16.3. The third-order valence-corrected chi connectivity index (χ3v) is 4.24. The van der Waals surface area contributed by atoms with Crippen molar-refractivity contribution in [1.29, 1.82) is 0 Å². The van der Waals surface area contributed by atoms with Crippen molar-refractivity contribution in [2.24, 2.45) is 7.05 Å². The Morgan fingerprint density at radius 1 is 1.38 bits per heavy atom. The van der Waals surface area contributed by atoms with E-state index in [4.69, 9.17) is 4.74 Å². The maximum Gasteiger partial charge on any atom is 0.358 e. The molecule has 0 N–H and O–H groups in total. The van der Waals surface area contributed by atoms with Gasteiger partial charge in [-0.05, 0) is 25.1 Å². The van der Waals surface area contributed by atoms with Crippen molar-refractivity contribution in [3.8, 4) is 10.6 Å². The number of hydrogen-bond donors (Lipinski definition) is 0. The van der Waals surface area contributed by atoms with Crippen molar-refractivity contribution in [2.45, 2.75) is 13.0 Å². The highest BCUT2D eigenvalue weighted by atomic mass is 32.1. The van der Waals surface area contributed by atoms with E-state index in [-0.39, 0.29) is 11.3 Å². The van der Waals surface area contributed by atoms with Crippen LogP contribution in [0.3, 0.4) is 0 Å². The lowest BCUT2D eigenvalue weighted by Gasteiger charge is -2.13. The van der Waals surface area contributed by atoms with E-state index in [0.717, 1.165) is 23.8 Å². The molecule has 0 saturated carbocycles. The lowest BCUT2D eigenvalue weighted by Crippen LogP contribution is -2.11. The largest absolute Gasteiger partial charge is 0.453 e. The lowest BCUT2D eigenvalue weighted by atomic mass is 10.1. The number of benzene rings is 1. The summed E-state index contributed by atoms with van der Waals surface area (Å²) in [6, 6.07) is 3.02. The number of rotatable bonds is 4. The molecule has 0 radical (unpaired) electrons. The topological polar surface area (TPSA) is 57.0 Å². The molecule has 0 amide bonds. The lowest BCUT2D eigenvalue weighted by molar-refractivity contribution is 0.0324. The van der Waals surface area contributed by atoms with Gasteiger partial charge in [0.25, 0.3) is 0 Å². The summed E-state index contributed by atoms with van der Waals surface area (Å²) in [6.07, 6.45) is 2.48. The molecule has 0 aliphatic heterocycles. The van der Waals surface area contributed by atoms with Crippen LogP contribution in [0.2, 0.25) is 0 Å². The third-order valence-electron chi connectivity index (χ3n) is 3.34. The van der Waals surface area contributed by atoms with Gasteiger partial charge in [0.2, 0.25) is 0 Å². The Morgan fingerprint density at radius 3 is 2.88 bits per heavy atom. The van der Waals surface area contributed by atoms with E-state index in [1.165, 1.54) is 18.3 Å². The predicted octanol–water partition coefficient (Wildman–Crippen LogP) is 3.74. The van der Waals surface area contributed by atoms with Crippen LogP contribution in [-0.2, 0) is 11.8 Å². The Balaban J connectivity index is 1.75.